The average Bonchev–Trinajstić information content (AvgIpc) is 3.17. The van der Waals surface area contributed by atoms with E-state index in [9.17, 15) is 4.79 Å². The van der Waals surface area contributed by atoms with Gasteiger partial charge >= 0.3 is 0 Å². The molecule has 1 aromatic heterocycles. The molecule has 4 nitrogen and oxygen atoms in total. The molecule has 3 aromatic carbocycles. The van der Waals surface area contributed by atoms with Gasteiger partial charge in [0.25, 0.3) is 0 Å². The standard InChI is InChI=1S/C28H29N3O/c1-30-16-14-20(15-17-30)25-19-31(29)26-13-12-23(18-24(25)26)28(32)27(21-8-4-2-5-9-21)22-10-6-3-7-11-22/h2-13,18-20,27H,14-17,29H2,1H3. The zero-order valence-corrected chi connectivity index (χ0v) is 18.4. The van der Waals surface area contributed by atoms with Crippen molar-refractivity contribution in [2.75, 3.05) is 26.0 Å². The van der Waals surface area contributed by atoms with Gasteiger partial charge in [0, 0.05) is 17.1 Å². The van der Waals surface area contributed by atoms with E-state index < -0.39 is 0 Å². The van der Waals surface area contributed by atoms with Crippen LogP contribution in [-0.4, -0.2) is 35.5 Å². The molecular formula is C28H29N3O. The molecule has 0 aliphatic carbocycles. The highest BCUT2D eigenvalue weighted by Gasteiger charge is 2.26. The lowest BCUT2D eigenvalue weighted by atomic mass is 9.84. The lowest BCUT2D eigenvalue weighted by Gasteiger charge is -2.28. The number of nitrogen functional groups attached to an aromatic ring is 1. The van der Waals surface area contributed by atoms with Crippen LogP contribution >= 0.6 is 0 Å². The van der Waals surface area contributed by atoms with E-state index in [1.807, 2.05) is 72.8 Å². The Balaban J connectivity index is 1.57. The van der Waals surface area contributed by atoms with Crippen molar-refractivity contribution in [2.45, 2.75) is 24.7 Å². The van der Waals surface area contributed by atoms with Crippen LogP contribution in [0.4, 0.5) is 0 Å². The molecule has 2 N–H and O–H groups in total. The minimum Gasteiger partial charge on any atom is -0.339 e. The number of carbonyl (C=O) groups is 1. The molecule has 1 fully saturated rings. The van der Waals surface area contributed by atoms with E-state index >= 15 is 0 Å². The molecule has 4 heteroatoms. The van der Waals surface area contributed by atoms with Gasteiger partial charge in [-0.05, 0) is 73.8 Å². The van der Waals surface area contributed by atoms with Gasteiger partial charge in [0.1, 0.15) is 0 Å². The van der Waals surface area contributed by atoms with Crippen LogP contribution in [0.25, 0.3) is 10.9 Å². The number of piperidine rings is 1. The third-order valence-electron chi connectivity index (χ3n) is 6.83. The van der Waals surface area contributed by atoms with Crippen LogP contribution in [0, 0.1) is 0 Å². The topological polar surface area (TPSA) is 51.3 Å². The summed E-state index contributed by atoms with van der Waals surface area (Å²) in [5.41, 5.74) is 5.00. The van der Waals surface area contributed by atoms with Crippen molar-refractivity contribution in [3.8, 4) is 0 Å². The van der Waals surface area contributed by atoms with Crippen molar-refractivity contribution in [3.05, 3.63) is 107 Å². The lowest BCUT2D eigenvalue weighted by Crippen LogP contribution is -2.29. The number of nitrogens with zero attached hydrogens (tertiary/aromatic N) is 2. The van der Waals surface area contributed by atoms with Crippen LogP contribution in [0.2, 0.25) is 0 Å². The Morgan fingerprint density at radius 1 is 0.906 bits per heavy atom. The van der Waals surface area contributed by atoms with Gasteiger partial charge in [0.15, 0.2) is 5.78 Å². The van der Waals surface area contributed by atoms with E-state index in [0.29, 0.717) is 5.92 Å². The Labute approximate surface area is 189 Å². The van der Waals surface area contributed by atoms with Crippen LogP contribution in [-0.2, 0) is 0 Å². The van der Waals surface area contributed by atoms with Gasteiger partial charge in [-0.15, -0.1) is 0 Å². The number of carbonyl (C=O) groups excluding carboxylic acids is 1. The zero-order chi connectivity index (χ0) is 22.1. The second-order valence-electron chi connectivity index (χ2n) is 8.92. The number of Topliss-reactive ketones (excluding diaryl/α,β-unsaturated/α-hetero) is 1. The van der Waals surface area contributed by atoms with E-state index in [2.05, 4.69) is 24.2 Å². The Morgan fingerprint density at radius 2 is 1.50 bits per heavy atom. The van der Waals surface area contributed by atoms with Gasteiger partial charge in [-0.3, -0.25) is 9.47 Å². The molecule has 4 aromatic rings. The fourth-order valence-corrected chi connectivity index (χ4v) is 5.03. The van der Waals surface area contributed by atoms with Crippen LogP contribution < -0.4 is 5.84 Å². The van der Waals surface area contributed by atoms with Crippen molar-refractivity contribution in [3.63, 3.8) is 0 Å². The molecule has 0 atom stereocenters. The number of rotatable bonds is 5. The van der Waals surface area contributed by atoms with Gasteiger partial charge < -0.3 is 10.7 Å². The van der Waals surface area contributed by atoms with Crippen molar-refractivity contribution in [1.82, 2.24) is 9.58 Å². The fourth-order valence-electron chi connectivity index (χ4n) is 5.03. The smallest absolute Gasteiger partial charge is 0.174 e. The molecule has 0 amide bonds. The summed E-state index contributed by atoms with van der Waals surface area (Å²) >= 11 is 0. The van der Waals surface area contributed by atoms with Gasteiger partial charge in [-0.1, -0.05) is 60.7 Å². The number of likely N-dealkylation sites (tertiary alicyclic amines) is 1. The predicted molar refractivity (Wildman–Crippen MR) is 131 cm³/mol. The maximum Gasteiger partial charge on any atom is 0.174 e. The summed E-state index contributed by atoms with van der Waals surface area (Å²) in [6.45, 7) is 2.18. The largest absolute Gasteiger partial charge is 0.339 e. The Kier molecular flexibility index (Phi) is 5.54. The number of aromatic nitrogens is 1. The van der Waals surface area contributed by atoms with Gasteiger partial charge in [0.2, 0.25) is 0 Å². The SMILES string of the molecule is CN1CCC(c2cn(N)c3ccc(C(=O)C(c4ccccc4)c4ccccc4)cc23)CC1. The molecule has 5 rings (SSSR count). The summed E-state index contributed by atoms with van der Waals surface area (Å²) in [5, 5.41) is 1.10. The molecule has 1 aliphatic heterocycles. The van der Waals surface area contributed by atoms with Gasteiger partial charge in [0.05, 0.1) is 11.4 Å². The summed E-state index contributed by atoms with van der Waals surface area (Å²) in [4.78, 5) is 16.3. The number of ketones is 1. The van der Waals surface area contributed by atoms with E-state index in [1.165, 1.54) is 5.56 Å². The number of hydrogen-bond acceptors (Lipinski definition) is 3. The lowest BCUT2D eigenvalue weighted by molar-refractivity contribution is 0.0974. The highest BCUT2D eigenvalue weighted by Crippen LogP contribution is 2.35. The highest BCUT2D eigenvalue weighted by atomic mass is 16.1. The van der Waals surface area contributed by atoms with Crippen LogP contribution in [0.1, 0.15) is 51.7 Å². The molecule has 2 heterocycles. The van der Waals surface area contributed by atoms with E-state index in [4.69, 9.17) is 5.84 Å². The molecule has 162 valence electrons. The van der Waals surface area contributed by atoms with E-state index in [1.54, 1.807) is 4.68 Å². The molecule has 0 radical (unpaired) electrons. The molecule has 0 bridgehead atoms. The fraction of sp³-hybridized carbons (Fsp3) is 0.250. The average molecular weight is 424 g/mol. The third kappa shape index (κ3) is 3.82. The minimum absolute atomic E-state index is 0.114. The number of fused-ring (bicyclic) bond motifs is 1. The van der Waals surface area contributed by atoms with Crippen molar-refractivity contribution < 1.29 is 4.79 Å². The second kappa shape index (κ2) is 8.64. The van der Waals surface area contributed by atoms with Gasteiger partial charge in [-0.2, -0.15) is 0 Å². The second-order valence-corrected chi connectivity index (χ2v) is 8.92. The first-order valence-corrected chi connectivity index (χ1v) is 11.3. The minimum atomic E-state index is -0.332. The van der Waals surface area contributed by atoms with Crippen LogP contribution in [0.15, 0.2) is 85.1 Å². The van der Waals surface area contributed by atoms with Crippen molar-refractivity contribution >= 4 is 16.7 Å². The summed E-state index contributed by atoms with van der Waals surface area (Å²) in [7, 11) is 2.17. The first-order valence-electron chi connectivity index (χ1n) is 11.3. The summed E-state index contributed by atoms with van der Waals surface area (Å²) < 4.78 is 1.71. The number of nitrogens with two attached hydrogens (primary N) is 1. The Hall–Kier alpha value is -3.37. The Bertz CT molecular complexity index is 1180. The molecule has 1 aliphatic rings. The summed E-state index contributed by atoms with van der Waals surface area (Å²) in [6, 6.07) is 26.1. The monoisotopic (exact) mass is 423 g/mol. The van der Waals surface area contributed by atoms with Crippen LogP contribution in [0.3, 0.4) is 0 Å². The van der Waals surface area contributed by atoms with E-state index in [-0.39, 0.29) is 11.7 Å². The van der Waals surface area contributed by atoms with E-state index in [0.717, 1.165) is 53.5 Å². The number of benzene rings is 3. The quantitative estimate of drug-likeness (QED) is 0.355. The summed E-state index contributed by atoms with van der Waals surface area (Å²) in [5.74, 6) is 6.56. The Morgan fingerprint density at radius 3 is 2.09 bits per heavy atom. The molecule has 0 spiro atoms. The molecule has 32 heavy (non-hydrogen) atoms. The molecule has 0 unspecified atom stereocenters. The van der Waals surface area contributed by atoms with Crippen molar-refractivity contribution in [2.24, 2.45) is 0 Å². The van der Waals surface area contributed by atoms with Crippen molar-refractivity contribution in [1.29, 1.82) is 0 Å². The maximum atomic E-state index is 13.9. The molecule has 0 saturated carbocycles. The zero-order valence-electron chi connectivity index (χ0n) is 18.4. The van der Waals surface area contributed by atoms with Crippen LogP contribution in [0.5, 0.6) is 0 Å². The normalized spacial score (nSPS) is 15.4. The molecule has 1 saturated heterocycles. The predicted octanol–water partition coefficient (Wildman–Crippen LogP) is 5.18. The number of hydrogen-bond donors (Lipinski definition) is 1. The molecular weight excluding hydrogens is 394 g/mol. The highest BCUT2D eigenvalue weighted by molar-refractivity contribution is 6.05. The maximum absolute atomic E-state index is 13.9. The third-order valence-corrected chi connectivity index (χ3v) is 6.83. The summed E-state index contributed by atoms with van der Waals surface area (Å²) in [6.07, 6.45) is 4.29. The van der Waals surface area contributed by atoms with Gasteiger partial charge in [-0.25, -0.2) is 0 Å². The first-order chi connectivity index (χ1) is 15.6. The first kappa shape index (κ1) is 20.5.